The summed E-state index contributed by atoms with van der Waals surface area (Å²) in [4.78, 5) is 27.4. The van der Waals surface area contributed by atoms with Gasteiger partial charge in [-0.25, -0.2) is 0 Å². The summed E-state index contributed by atoms with van der Waals surface area (Å²) in [6.45, 7) is 8.00. The van der Waals surface area contributed by atoms with Gasteiger partial charge in [0, 0.05) is 43.3 Å². The minimum atomic E-state index is -0.0793. The summed E-state index contributed by atoms with van der Waals surface area (Å²) >= 11 is 4.35. The molecule has 2 aromatic carbocycles. The summed E-state index contributed by atoms with van der Waals surface area (Å²) in [5, 5.41) is 17.5. The number of rotatable bonds is 15. The summed E-state index contributed by atoms with van der Waals surface area (Å²) in [5.41, 5.74) is 4.03. The number of aromatic nitrogens is 4. The first-order valence-electron chi connectivity index (χ1n) is 13.5. The van der Waals surface area contributed by atoms with Crippen molar-refractivity contribution in [2.75, 3.05) is 18.8 Å². The largest absolute Gasteiger partial charge is 0.356 e. The van der Waals surface area contributed by atoms with Gasteiger partial charge < -0.3 is 10.2 Å². The Hall–Kier alpha value is -3.20. The number of carbonyl (C=O) groups excluding carboxylic acids is 2. The Morgan fingerprint density at radius 2 is 1.79 bits per heavy atom. The first kappa shape index (κ1) is 29.4. The first-order valence-corrected chi connectivity index (χ1v) is 14.1. The van der Waals surface area contributed by atoms with Gasteiger partial charge in [0.1, 0.15) is 0 Å². The SMILES string of the molecule is CCCCC(=O)N(CCCNC(=O)C(CS)CC(C)C)Cc1ccc(-c2ccccc2-c2nn[nH]n2)cc1. The van der Waals surface area contributed by atoms with Crippen molar-refractivity contribution in [1.82, 2.24) is 30.8 Å². The van der Waals surface area contributed by atoms with E-state index in [0.29, 0.717) is 50.0 Å². The molecule has 0 saturated carbocycles. The van der Waals surface area contributed by atoms with E-state index in [-0.39, 0.29) is 17.7 Å². The van der Waals surface area contributed by atoms with E-state index >= 15 is 0 Å². The molecule has 0 fully saturated rings. The number of unbranched alkanes of at least 4 members (excludes halogenated alkanes) is 1. The Balaban J connectivity index is 1.63. The fourth-order valence-corrected chi connectivity index (χ4v) is 4.77. The molecule has 3 rings (SSSR count). The molecule has 204 valence electrons. The van der Waals surface area contributed by atoms with Crippen LogP contribution in [-0.4, -0.2) is 56.2 Å². The molecular formula is C29H40N6O2S. The lowest BCUT2D eigenvalue weighted by Gasteiger charge is -2.24. The molecular weight excluding hydrogens is 496 g/mol. The first-order chi connectivity index (χ1) is 18.4. The van der Waals surface area contributed by atoms with Crippen molar-refractivity contribution in [3.8, 4) is 22.5 Å². The molecule has 38 heavy (non-hydrogen) atoms. The lowest BCUT2D eigenvalue weighted by Crippen LogP contribution is -2.36. The van der Waals surface area contributed by atoms with E-state index in [9.17, 15) is 9.59 Å². The number of hydrogen-bond acceptors (Lipinski definition) is 6. The van der Waals surface area contributed by atoms with Gasteiger partial charge in [0.05, 0.1) is 0 Å². The van der Waals surface area contributed by atoms with E-state index < -0.39 is 0 Å². The third-order valence-corrected chi connectivity index (χ3v) is 6.94. The zero-order chi connectivity index (χ0) is 27.3. The van der Waals surface area contributed by atoms with Gasteiger partial charge in [0.2, 0.25) is 17.6 Å². The number of benzene rings is 2. The van der Waals surface area contributed by atoms with Crippen LogP contribution < -0.4 is 5.32 Å². The van der Waals surface area contributed by atoms with Gasteiger partial charge in [-0.05, 0) is 47.1 Å². The fraction of sp³-hybridized carbons (Fsp3) is 0.483. The molecule has 0 spiro atoms. The van der Waals surface area contributed by atoms with Gasteiger partial charge in [0.15, 0.2) is 0 Å². The zero-order valence-electron chi connectivity index (χ0n) is 22.7. The second-order valence-corrected chi connectivity index (χ2v) is 10.4. The molecule has 2 amide bonds. The highest BCUT2D eigenvalue weighted by Crippen LogP contribution is 2.30. The van der Waals surface area contributed by atoms with E-state index in [2.05, 4.69) is 83.6 Å². The highest BCUT2D eigenvalue weighted by molar-refractivity contribution is 7.80. The minimum Gasteiger partial charge on any atom is -0.356 e. The highest BCUT2D eigenvalue weighted by atomic mass is 32.1. The normalized spacial score (nSPS) is 11.9. The van der Waals surface area contributed by atoms with Gasteiger partial charge >= 0.3 is 0 Å². The monoisotopic (exact) mass is 536 g/mol. The van der Waals surface area contributed by atoms with Crippen LogP contribution in [0.15, 0.2) is 48.5 Å². The van der Waals surface area contributed by atoms with Crippen LogP contribution in [0.3, 0.4) is 0 Å². The number of H-pyrrole nitrogens is 1. The molecule has 0 bridgehead atoms. The maximum absolute atomic E-state index is 13.0. The van der Waals surface area contributed by atoms with Gasteiger partial charge in [-0.1, -0.05) is 75.7 Å². The van der Waals surface area contributed by atoms with Crippen LogP contribution in [0.1, 0.15) is 58.4 Å². The molecule has 0 aliphatic rings. The number of carbonyl (C=O) groups is 2. The number of nitrogens with zero attached hydrogens (tertiary/aromatic N) is 4. The predicted molar refractivity (Wildman–Crippen MR) is 154 cm³/mol. The second kappa shape index (κ2) is 15.3. The van der Waals surface area contributed by atoms with Crippen LogP contribution in [0, 0.1) is 11.8 Å². The number of tetrazole rings is 1. The standard InChI is InChI=1S/C29H40N6O2S/c1-4-5-11-27(36)35(17-8-16-30-29(37)24(20-38)18-21(2)3)19-22-12-14-23(15-13-22)25-9-6-7-10-26(25)28-31-33-34-32-28/h6-7,9-10,12-15,21,24,38H,4-5,8,11,16-20H2,1-3H3,(H,30,37)(H,31,32,33,34). The topological polar surface area (TPSA) is 104 Å². The zero-order valence-corrected chi connectivity index (χ0v) is 23.6. The summed E-state index contributed by atoms with van der Waals surface area (Å²) in [6.07, 6.45) is 3.92. The average Bonchev–Trinajstić information content (AvgIpc) is 3.47. The van der Waals surface area contributed by atoms with Crippen molar-refractivity contribution in [2.45, 2.75) is 59.4 Å². The van der Waals surface area contributed by atoms with Crippen LogP contribution >= 0.6 is 12.6 Å². The van der Waals surface area contributed by atoms with E-state index in [4.69, 9.17) is 0 Å². The summed E-state index contributed by atoms with van der Waals surface area (Å²) < 4.78 is 0. The maximum atomic E-state index is 13.0. The molecule has 1 atom stereocenters. The summed E-state index contributed by atoms with van der Waals surface area (Å²) in [6, 6.07) is 16.2. The fourth-order valence-electron chi connectivity index (χ4n) is 4.45. The molecule has 1 unspecified atom stereocenters. The Morgan fingerprint density at radius 3 is 2.42 bits per heavy atom. The van der Waals surface area contributed by atoms with E-state index in [1.807, 2.05) is 29.2 Å². The molecule has 2 N–H and O–H groups in total. The Kier molecular flexibility index (Phi) is 11.8. The van der Waals surface area contributed by atoms with Crippen molar-refractivity contribution in [2.24, 2.45) is 11.8 Å². The van der Waals surface area contributed by atoms with Crippen molar-refractivity contribution in [1.29, 1.82) is 0 Å². The van der Waals surface area contributed by atoms with Crippen LogP contribution in [-0.2, 0) is 16.1 Å². The summed E-state index contributed by atoms with van der Waals surface area (Å²) in [7, 11) is 0. The van der Waals surface area contributed by atoms with Gasteiger partial charge in [-0.2, -0.15) is 17.8 Å². The summed E-state index contributed by atoms with van der Waals surface area (Å²) in [5.74, 6) is 1.66. The smallest absolute Gasteiger partial charge is 0.223 e. The van der Waals surface area contributed by atoms with Crippen molar-refractivity contribution >= 4 is 24.4 Å². The van der Waals surface area contributed by atoms with Crippen LogP contribution in [0.5, 0.6) is 0 Å². The van der Waals surface area contributed by atoms with E-state index in [0.717, 1.165) is 41.5 Å². The number of nitrogens with one attached hydrogen (secondary N) is 2. The lowest BCUT2D eigenvalue weighted by molar-refractivity contribution is -0.132. The predicted octanol–water partition coefficient (Wildman–Crippen LogP) is 5.15. The van der Waals surface area contributed by atoms with E-state index in [1.165, 1.54) is 0 Å². The third-order valence-electron chi connectivity index (χ3n) is 6.50. The quantitative estimate of drug-likeness (QED) is 0.184. The number of amides is 2. The minimum absolute atomic E-state index is 0.0502. The van der Waals surface area contributed by atoms with Crippen LogP contribution in [0.25, 0.3) is 22.5 Å². The molecule has 0 radical (unpaired) electrons. The second-order valence-electron chi connectivity index (χ2n) is 10.1. The molecule has 1 aromatic heterocycles. The Labute approximate surface area is 231 Å². The van der Waals surface area contributed by atoms with Crippen molar-refractivity contribution in [3.63, 3.8) is 0 Å². The van der Waals surface area contributed by atoms with Crippen LogP contribution in [0.4, 0.5) is 0 Å². The Bertz CT molecular complexity index is 1130. The molecule has 0 aliphatic carbocycles. The number of aromatic amines is 1. The number of hydrogen-bond donors (Lipinski definition) is 3. The van der Waals surface area contributed by atoms with Crippen molar-refractivity contribution in [3.05, 3.63) is 54.1 Å². The molecule has 8 nitrogen and oxygen atoms in total. The van der Waals surface area contributed by atoms with Gasteiger partial charge in [-0.15, -0.1) is 10.2 Å². The third kappa shape index (κ3) is 8.68. The average molecular weight is 537 g/mol. The molecule has 1 heterocycles. The molecule has 9 heteroatoms. The molecule has 0 saturated heterocycles. The lowest BCUT2D eigenvalue weighted by atomic mass is 9.98. The maximum Gasteiger partial charge on any atom is 0.223 e. The van der Waals surface area contributed by atoms with Gasteiger partial charge in [0.25, 0.3) is 0 Å². The van der Waals surface area contributed by atoms with Gasteiger partial charge in [-0.3, -0.25) is 9.59 Å². The number of thiol groups is 1. The van der Waals surface area contributed by atoms with E-state index in [1.54, 1.807) is 0 Å². The Morgan fingerprint density at radius 1 is 1.05 bits per heavy atom. The molecule has 3 aromatic rings. The van der Waals surface area contributed by atoms with Crippen LogP contribution in [0.2, 0.25) is 0 Å². The van der Waals surface area contributed by atoms with Crippen molar-refractivity contribution < 1.29 is 9.59 Å². The highest BCUT2D eigenvalue weighted by Gasteiger charge is 2.19. The molecule has 0 aliphatic heterocycles.